The molecular formula is C77H146O6. The van der Waals surface area contributed by atoms with Gasteiger partial charge in [-0.25, -0.2) is 0 Å². The molecule has 1 unspecified atom stereocenters. The first kappa shape index (κ1) is 80.9. The topological polar surface area (TPSA) is 78.9 Å². The summed E-state index contributed by atoms with van der Waals surface area (Å²) in [5.74, 6) is -0.839. The predicted octanol–water partition coefficient (Wildman–Crippen LogP) is 26.1. The van der Waals surface area contributed by atoms with Gasteiger partial charge in [-0.3, -0.25) is 14.4 Å². The Bertz CT molecular complexity index is 1340. The van der Waals surface area contributed by atoms with Crippen molar-refractivity contribution in [1.82, 2.24) is 0 Å². The van der Waals surface area contributed by atoms with Gasteiger partial charge in [0.25, 0.3) is 0 Å². The average molecular weight is 1170 g/mol. The fraction of sp³-hybridized carbons (Fsp3) is 0.909. The molecule has 0 heterocycles. The lowest BCUT2D eigenvalue weighted by molar-refractivity contribution is -0.167. The van der Waals surface area contributed by atoms with Gasteiger partial charge in [0.1, 0.15) is 13.2 Å². The third-order valence-corrected chi connectivity index (χ3v) is 17.4. The minimum atomic E-state index is -0.768. The molecule has 0 aromatic heterocycles. The van der Waals surface area contributed by atoms with Crippen molar-refractivity contribution in [2.75, 3.05) is 13.2 Å². The molecule has 0 spiro atoms. The number of allylic oxidation sites excluding steroid dienone is 4. The Morgan fingerprint density at radius 1 is 0.229 bits per heavy atom. The van der Waals surface area contributed by atoms with E-state index >= 15 is 0 Å². The van der Waals surface area contributed by atoms with Gasteiger partial charge in [-0.15, -0.1) is 0 Å². The molecule has 83 heavy (non-hydrogen) atoms. The Labute approximate surface area is 519 Å². The zero-order valence-electron chi connectivity index (χ0n) is 56.5. The van der Waals surface area contributed by atoms with E-state index in [4.69, 9.17) is 14.2 Å². The Kier molecular flexibility index (Phi) is 70.5. The van der Waals surface area contributed by atoms with E-state index < -0.39 is 6.10 Å². The summed E-state index contributed by atoms with van der Waals surface area (Å²) in [5, 5.41) is 0. The maximum Gasteiger partial charge on any atom is 0.306 e. The van der Waals surface area contributed by atoms with E-state index in [0.29, 0.717) is 19.3 Å². The highest BCUT2D eigenvalue weighted by atomic mass is 16.6. The van der Waals surface area contributed by atoms with Crippen molar-refractivity contribution in [3.05, 3.63) is 24.3 Å². The van der Waals surface area contributed by atoms with Gasteiger partial charge >= 0.3 is 17.9 Å². The number of carbonyl (C=O) groups excluding carboxylic acids is 3. The first-order chi connectivity index (χ1) is 41.0. The standard InChI is InChI=1S/C77H146O6/c1-4-7-10-13-16-19-21-23-25-27-29-31-32-33-34-35-36-37-38-39-40-41-42-43-44-46-47-49-51-53-55-58-61-64-67-70-76(79)82-73-74(72-81-75(78)69-66-63-60-57-18-15-12-9-6-3)83-77(80)71-68-65-62-59-56-54-52-50-48-45-30-28-26-24-22-20-17-14-11-8-5-2/h27-30,74H,4-26,31-73H2,1-3H3/b29-27-,30-28-. The lowest BCUT2D eigenvalue weighted by Gasteiger charge is -2.18. The molecule has 0 aromatic rings. The molecule has 0 N–H and O–H groups in total. The van der Waals surface area contributed by atoms with Crippen molar-refractivity contribution in [3.63, 3.8) is 0 Å². The second-order valence-corrected chi connectivity index (χ2v) is 25.9. The number of ether oxygens (including phenoxy) is 3. The van der Waals surface area contributed by atoms with Crippen molar-refractivity contribution >= 4 is 17.9 Å². The summed E-state index contributed by atoms with van der Waals surface area (Å²) >= 11 is 0. The normalized spacial score (nSPS) is 12.1. The monoisotopic (exact) mass is 1170 g/mol. The fourth-order valence-electron chi connectivity index (χ4n) is 11.7. The van der Waals surface area contributed by atoms with E-state index in [0.717, 1.165) is 57.8 Å². The molecule has 0 aliphatic heterocycles. The van der Waals surface area contributed by atoms with Crippen LogP contribution in [-0.2, 0) is 28.6 Å². The minimum absolute atomic E-state index is 0.0655. The first-order valence-corrected chi connectivity index (χ1v) is 37.8. The molecule has 0 aliphatic rings. The van der Waals surface area contributed by atoms with Crippen LogP contribution in [0.4, 0.5) is 0 Å². The highest BCUT2D eigenvalue weighted by molar-refractivity contribution is 5.71. The van der Waals surface area contributed by atoms with Crippen molar-refractivity contribution < 1.29 is 28.6 Å². The van der Waals surface area contributed by atoms with E-state index in [2.05, 4.69) is 45.1 Å². The number of rotatable bonds is 71. The summed E-state index contributed by atoms with van der Waals surface area (Å²) in [7, 11) is 0. The van der Waals surface area contributed by atoms with Crippen LogP contribution >= 0.6 is 0 Å². The molecule has 6 heteroatoms. The molecule has 0 amide bonds. The number of esters is 3. The summed E-state index contributed by atoms with van der Waals surface area (Å²) in [6.45, 7) is 6.70. The number of hydrogen-bond acceptors (Lipinski definition) is 6. The van der Waals surface area contributed by atoms with Gasteiger partial charge in [0.05, 0.1) is 0 Å². The molecule has 490 valence electrons. The van der Waals surface area contributed by atoms with Gasteiger partial charge in [-0.1, -0.05) is 366 Å². The quantitative estimate of drug-likeness (QED) is 0.0261. The van der Waals surface area contributed by atoms with Crippen LogP contribution in [0, 0.1) is 0 Å². The molecule has 1 atom stereocenters. The van der Waals surface area contributed by atoms with E-state index in [9.17, 15) is 14.4 Å². The summed E-state index contributed by atoms with van der Waals surface area (Å²) in [4.78, 5) is 38.3. The third kappa shape index (κ3) is 70.5. The van der Waals surface area contributed by atoms with E-state index in [-0.39, 0.29) is 31.1 Å². The number of unbranched alkanes of at least 4 members (excludes halogenated alkanes) is 56. The molecule has 6 nitrogen and oxygen atoms in total. The SMILES string of the molecule is CCCCCCCCCC/C=C\CCCCCCCCCCCCCCCCCCCCCCCCCC(=O)OCC(COC(=O)CCCCCCCCCCC)OC(=O)CCCCCCCCCCC/C=C\CCCCCCCCCC. The van der Waals surface area contributed by atoms with Gasteiger partial charge < -0.3 is 14.2 Å². The average Bonchev–Trinajstić information content (AvgIpc) is 3.49. The van der Waals surface area contributed by atoms with Crippen LogP contribution in [0.1, 0.15) is 432 Å². The zero-order chi connectivity index (χ0) is 59.9. The van der Waals surface area contributed by atoms with Crippen LogP contribution in [0.25, 0.3) is 0 Å². The maximum atomic E-state index is 12.9. The zero-order valence-corrected chi connectivity index (χ0v) is 56.5. The van der Waals surface area contributed by atoms with Crippen LogP contribution in [0.2, 0.25) is 0 Å². The van der Waals surface area contributed by atoms with Crippen molar-refractivity contribution in [2.45, 2.75) is 438 Å². The fourth-order valence-corrected chi connectivity index (χ4v) is 11.7. The molecule has 0 rings (SSSR count). The molecule has 0 bridgehead atoms. The summed E-state index contributed by atoms with van der Waals surface area (Å²) in [6, 6.07) is 0. The maximum absolute atomic E-state index is 12.9. The predicted molar refractivity (Wildman–Crippen MR) is 363 cm³/mol. The summed E-state index contributed by atoms with van der Waals surface area (Å²) in [5.41, 5.74) is 0. The van der Waals surface area contributed by atoms with Gasteiger partial charge in [-0.2, -0.15) is 0 Å². The van der Waals surface area contributed by atoms with Crippen molar-refractivity contribution in [1.29, 1.82) is 0 Å². The van der Waals surface area contributed by atoms with Crippen LogP contribution in [0.15, 0.2) is 24.3 Å². The number of hydrogen-bond donors (Lipinski definition) is 0. The molecule has 0 saturated heterocycles. The Balaban J connectivity index is 3.99. The van der Waals surface area contributed by atoms with Gasteiger partial charge in [-0.05, 0) is 70.6 Å². The highest BCUT2D eigenvalue weighted by Crippen LogP contribution is 2.19. The van der Waals surface area contributed by atoms with Gasteiger partial charge in [0.15, 0.2) is 6.10 Å². The summed E-state index contributed by atoms with van der Waals surface area (Å²) in [6.07, 6.45) is 89.7. The second kappa shape index (κ2) is 72.4. The minimum Gasteiger partial charge on any atom is -0.462 e. The van der Waals surface area contributed by atoms with Crippen molar-refractivity contribution in [3.8, 4) is 0 Å². The Morgan fingerprint density at radius 3 is 0.602 bits per heavy atom. The molecule has 0 radical (unpaired) electrons. The van der Waals surface area contributed by atoms with Crippen LogP contribution < -0.4 is 0 Å². The molecule has 0 saturated carbocycles. The molecule has 0 aromatic carbocycles. The van der Waals surface area contributed by atoms with Crippen molar-refractivity contribution in [2.24, 2.45) is 0 Å². The van der Waals surface area contributed by atoms with Crippen LogP contribution in [0.5, 0.6) is 0 Å². The Morgan fingerprint density at radius 2 is 0.398 bits per heavy atom. The van der Waals surface area contributed by atoms with Crippen LogP contribution in [-0.4, -0.2) is 37.2 Å². The lowest BCUT2D eigenvalue weighted by Crippen LogP contribution is -2.30. The van der Waals surface area contributed by atoms with Gasteiger partial charge in [0, 0.05) is 19.3 Å². The molecular weight excluding hydrogens is 1020 g/mol. The van der Waals surface area contributed by atoms with E-state index in [1.807, 2.05) is 0 Å². The van der Waals surface area contributed by atoms with E-state index in [1.54, 1.807) is 0 Å². The van der Waals surface area contributed by atoms with Gasteiger partial charge in [0.2, 0.25) is 0 Å². The smallest absolute Gasteiger partial charge is 0.306 e. The third-order valence-electron chi connectivity index (χ3n) is 17.4. The Hall–Kier alpha value is -2.11. The highest BCUT2D eigenvalue weighted by Gasteiger charge is 2.20. The first-order valence-electron chi connectivity index (χ1n) is 37.8. The molecule has 0 fully saturated rings. The van der Waals surface area contributed by atoms with Crippen LogP contribution in [0.3, 0.4) is 0 Å². The largest absolute Gasteiger partial charge is 0.462 e. The lowest BCUT2D eigenvalue weighted by atomic mass is 10.0. The number of carbonyl (C=O) groups is 3. The second-order valence-electron chi connectivity index (χ2n) is 25.9. The van der Waals surface area contributed by atoms with E-state index in [1.165, 1.54) is 334 Å². The molecule has 0 aliphatic carbocycles. The summed E-state index contributed by atoms with van der Waals surface area (Å²) < 4.78 is 17.0.